The molecule has 0 spiro atoms. The average molecular weight is 421 g/mol. The molecule has 2 N–H and O–H groups in total. The number of hydrogen-bond donors (Lipinski definition) is 2. The van der Waals surface area contributed by atoms with Gasteiger partial charge in [-0.1, -0.05) is 42.5 Å². The molecule has 3 rings (SSSR count). The molecule has 0 unspecified atom stereocenters. The van der Waals surface area contributed by atoms with Gasteiger partial charge in [-0.15, -0.1) is 0 Å². The molecular formula is C25H32N4O2. The van der Waals surface area contributed by atoms with E-state index in [0.29, 0.717) is 19.0 Å². The summed E-state index contributed by atoms with van der Waals surface area (Å²) in [7, 11) is 1.76. The molecule has 0 saturated carbocycles. The summed E-state index contributed by atoms with van der Waals surface area (Å²) in [6.45, 7) is 5.84. The Morgan fingerprint density at radius 1 is 1.00 bits per heavy atom. The topological polar surface area (TPSA) is 71.7 Å². The number of nitrogens with one attached hydrogen (secondary N) is 2. The number of guanidine groups is 1. The predicted octanol–water partition coefficient (Wildman–Crippen LogP) is 4.21. The van der Waals surface area contributed by atoms with Crippen molar-refractivity contribution in [2.45, 2.75) is 39.7 Å². The lowest BCUT2D eigenvalue weighted by Gasteiger charge is -2.11. The highest BCUT2D eigenvalue weighted by Gasteiger charge is 2.06. The molecule has 6 heteroatoms. The van der Waals surface area contributed by atoms with Crippen molar-refractivity contribution in [3.8, 4) is 5.75 Å². The van der Waals surface area contributed by atoms with Crippen molar-refractivity contribution in [2.24, 2.45) is 4.99 Å². The van der Waals surface area contributed by atoms with E-state index in [9.17, 15) is 0 Å². The third-order valence-electron chi connectivity index (χ3n) is 5.03. The van der Waals surface area contributed by atoms with Crippen LogP contribution in [0, 0.1) is 13.8 Å². The summed E-state index contributed by atoms with van der Waals surface area (Å²) in [5, 5.41) is 6.56. The molecular weight excluding hydrogens is 388 g/mol. The van der Waals surface area contributed by atoms with E-state index in [2.05, 4.69) is 57.0 Å². The second-order valence-electron chi connectivity index (χ2n) is 7.44. The predicted molar refractivity (Wildman–Crippen MR) is 125 cm³/mol. The van der Waals surface area contributed by atoms with Crippen molar-refractivity contribution < 1.29 is 9.15 Å². The quantitative estimate of drug-likeness (QED) is 0.292. The molecule has 2 aromatic carbocycles. The summed E-state index contributed by atoms with van der Waals surface area (Å²) in [4.78, 5) is 8.63. The van der Waals surface area contributed by atoms with Crippen LogP contribution in [0.3, 0.4) is 0 Å². The van der Waals surface area contributed by atoms with E-state index in [1.54, 1.807) is 7.05 Å². The number of rotatable bonds is 10. The molecule has 0 aliphatic carbocycles. The van der Waals surface area contributed by atoms with E-state index < -0.39 is 0 Å². The zero-order valence-electron chi connectivity index (χ0n) is 18.6. The first kappa shape index (κ1) is 22.4. The smallest absolute Gasteiger partial charge is 0.214 e. The SMILES string of the molecule is CN=C(NCCc1cccc(OCCCc2ccccc2)c1)NCc1nc(C)c(C)o1. The summed E-state index contributed by atoms with van der Waals surface area (Å²) in [5.74, 6) is 3.15. The highest BCUT2D eigenvalue weighted by Crippen LogP contribution is 2.14. The summed E-state index contributed by atoms with van der Waals surface area (Å²) in [6.07, 6.45) is 2.91. The molecule has 6 nitrogen and oxygen atoms in total. The number of aliphatic imine (C=N–C) groups is 1. The number of benzene rings is 2. The van der Waals surface area contributed by atoms with Crippen molar-refractivity contribution >= 4 is 5.96 Å². The van der Waals surface area contributed by atoms with E-state index in [-0.39, 0.29) is 0 Å². The normalized spacial score (nSPS) is 11.4. The second-order valence-corrected chi connectivity index (χ2v) is 7.44. The van der Waals surface area contributed by atoms with Crippen LogP contribution in [0.25, 0.3) is 0 Å². The minimum Gasteiger partial charge on any atom is -0.494 e. The lowest BCUT2D eigenvalue weighted by atomic mass is 10.1. The molecule has 0 saturated heterocycles. The summed E-state index contributed by atoms with van der Waals surface area (Å²) in [6, 6.07) is 18.8. The van der Waals surface area contributed by atoms with Gasteiger partial charge in [0.1, 0.15) is 11.5 Å². The van der Waals surface area contributed by atoms with Crippen molar-refractivity contribution in [1.82, 2.24) is 15.6 Å². The lowest BCUT2D eigenvalue weighted by Crippen LogP contribution is -2.37. The Morgan fingerprint density at radius 3 is 2.55 bits per heavy atom. The lowest BCUT2D eigenvalue weighted by molar-refractivity contribution is 0.310. The van der Waals surface area contributed by atoms with E-state index in [4.69, 9.17) is 9.15 Å². The molecule has 0 fully saturated rings. The molecule has 0 aliphatic rings. The van der Waals surface area contributed by atoms with Gasteiger partial charge in [-0.05, 0) is 56.4 Å². The van der Waals surface area contributed by atoms with Crippen molar-refractivity contribution in [3.63, 3.8) is 0 Å². The monoisotopic (exact) mass is 420 g/mol. The standard InChI is InChI=1S/C25H32N4O2/c1-19-20(2)31-24(29-19)18-28-25(26-3)27-15-14-22-11-7-13-23(17-22)30-16-8-12-21-9-5-4-6-10-21/h4-7,9-11,13,17H,8,12,14-16,18H2,1-3H3,(H2,26,27,28). The van der Waals surface area contributed by atoms with Gasteiger partial charge in [-0.25, -0.2) is 4.98 Å². The minimum absolute atomic E-state index is 0.501. The van der Waals surface area contributed by atoms with Crippen molar-refractivity contribution in [2.75, 3.05) is 20.2 Å². The molecule has 1 heterocycles. The number of aryl methyl sites for hydroxylation is 3. The fraction of sp³-hybridized carbons (Fsp3) is 0.360. The molecule has 0 amide bonds. The number of oxazole rings is 1. The fourth-order valence-corrected chi connectivity index (χ4v) is 3.22. The maximum absolute atomic E-state index is 5.94. The first-order chi connectivity index (χ1) is 15.1. The van der Waals surface area contributed by atoms with E-state index in [1.807, 2.05) is 32.0 Å². The molecule has 0 atom stereocenters. The maximum atomic E-state index is 5.94. The van der Waals surface area contributed by atoms with Gasteiger partial charge in [-0.3, -0.25) is 4.99 Å². The van der Waals surface area contributed by atoms with Gasteiger partial charge in [0.2, 0.25) is 5.89 Å². The minimum atomic E-state index is 0.501. The molecule has 0 aliphatic heterocycles. The van der Waals surface area contributed by atoms with Crippen molar-refractivity contribution in [3.05, 3.63) is 83.1 Å². The van der Waals surface area contributed by atoms with Crippen LogP contribution in [-0.2, 0) is 19.4 Å². The fourth-order valence-electron chi connectivity index (χ4n) is 3.22. The molecule has 0 radical (unpaired) electrons. The van der Waals surface area contributed by atoms with Gasteiger partial charge in [0.15, 0.2) is 5.96 Å². The third-order valence-corrected chi connectivity index (χ3v) is 5.03. The summed E-state index contributed by atoms with van der Waals surface area (Å²) < 4.78 is 11.5. The molecule has 164 valence electrons. The van der Waals surface area contributed by atoms with Crippen LogP contribution in [0.5, 0.6) is 5.75 Å². The van der Waals surface area contributed by atoms with Gasteiger partial charge in [0.05, 0.1) is 18.8 Å². The van der Waals surface area contributed by atoms with Crippen LogP contribution in [0.1, 0.15) is 34.9 Å². The largest absolute Gasteiger partial charge is 0.494 e. The highest BCUT2D eigenvalue weighted by molar-refractivity contribution is 5.79. The zero-order valence-corrected chi connectivity index (χ0v) is 18.6. The Kier molecular flexibility index (Phi) is 8.52. The molecule has 31 heavy (non-hydrogen) atoms. The Labute approximate surface area is 184 Å². The zero-order chi connectivity index (χ0) is 21.9. The van der Waals surface area contributed by atoms with Gasteiger partial charge >= 0.3 is 0 Å². The first-order valence-corrected chi connectivity index (χ1v) is 10.8. The molecule has 0 bridgehead atoms. The first-order valence-electron chi connectivity index (χ1n) is 10.8. The van der Waals surface area contributed by atoms with Crippen LogP contribution in [0.2, 0.25) is 0 Å². The van der Waals surface area contributed by atoms with E-state index >= 15 is 0 Å². The van der Waals surface area contributed by atoms with Crippen molar-refractivity contribution in [1.29, 1.82) is 0 Å². The van der Waals surface area contributed by atoms with E-state index in [1.165, 1.54) is 11.1 Å². The van der Waals surface area contributed by atoms with Crippen LogP contribution < -0.4 is 15.4 Å². The molecule has 1 aromatic heterocycles. The Balaban J connectivity index is 1.37. The van der Waals surface area contributed by atoms with Crippen LogP contribution in [-0.4, -0.2) is 31.1 Å². The number of hydrogen-bond acceptors (Lipinski definition) is 4. The number of nitrogens with zero attached hydrogens (tertiary/aromatic N) is 2. The van der Waals surface area contributed by atoms with Gasteiger partial charge in [0.25, 0.3) is 0 Å². The van der Waals surface area contributed by atoms with Crippen LogP contribution in [0.15, 0.2) is 64.0 Å². The number of aromatic nitrogens is 1. The Morgan fingerprint density at radius 2 is 1.81 bits per heavy atom. The third kappa shape index (κ3) is 7.48. The van der Waals surface area contributed by atoms with Crippen LogP contribution >= 0.6 is 0 Å². The highest BCUT2D eigenvalue weighted by atomic mass is 16.5. The molecule has 3 aromatic rings. The Bertz CT molecular complexity index is 947. The van der Waals surface area contributed by atoms with Gasteiger partial charge < -0.3 is 19.8 Å². The van der Waals surface area contributed by atoms with Gasteiger partial charge in [0, 0.05) is 13.6 Å². The van der Waals surface area contributed by atoms with E-state index in [0.717, 1.165) is 49.0 Å². The number of ether oxygens (including phenoxy) is 1. The summed E-state index contributed by atoms with van der Waals surface area (Å²) in [5.41, 5.74) is 3.49. The van der Waals surface area contributed by atoms with Crippen LogP contribution in [0.4, 0.5) is 0 Å². The Hall–Kier alpha value is -3.28. The summed E-state index contributed by atoms with van der Waals surface area (Å²) >= 11 is 0. The average Bonchev–Trinajstić information content (AvgIpc) is 3.12. The van der Waals surface area contributed by atoms with Gasteiger partial charge in [-0.2, -0.15) is 0 Å². The maximum Gasteiger partial charge on any atom is 0.214 e. The second kappa shape index (κ2) is 11.8.